The summed E-state index contributed by atoms with van der Waals surface area (Å²) in [6.07, 6.45) is 1.95. The topological polar surface area (TPSA) is 73.8 Å². The van der Waals surface area contributed by atoms with Crippen molar-refractivity contribution in [3.8, 4) is 0 Å². The second-order valence-corrected chi connectivity index (χ2v) is 7.73. The molecule has 0 aliphatic carbocycles. The van der Waals surface area contributed by atoms with Gasteiger partial charge in [0.25, 0.3) is 0 Å². The van der Waals surface area contributed by atoms with Gasteiger partial charge in [0.1, 0.15) is 0 Å². The summed E-state index contributed by atoms with van der Waals surface area (Å²) in [6, 6.07) is 0. The summed E-state index contributed by atoms with van der Waals surface area (Å²) in [4.78, 5) is 4.46. The normalized spacial score (nSPS) is 13.0. The smallest absolute Gasteiger partial charge is 0.211 e. The lowest BCUT2D eigenvalue weighted by Crippen LogP contribution is -2.47. The molecular formula is C13H31IN4O2S. The van der Waals surface area contributed by atoms with Gasteiger partial charge >= 0.3 is 0 Å². The first kappa shape index (κ1) is 23.2. The quantitative estimate of drug-likeness (QED) is 0.277. The Bertz CT molecular complexity index is 405. The Morgan fingerprint density at radius 2 is 1.81 bits per heavy atom. The highest BCUT2D eigenvalue weighted by molar-refractivity contribution is 14.0. The van der Waals surface area contributed by atoms with Crippen molar-refractivity contribution in [1.82, 2.24) is 14.9 Å². The maximum absolute atomic E-state index is 11.4. The molecule has 21 heavy (non-hydrogen) atoms. The van der Waals surface area contributed by atoms with Crippen LogP contribution in [0.2, 0.25) is 0 Å². The van der Waals surface area contributed by atoms with Crippen LogP contribution in [0.5, 0.6) is 0 Å². The zero-order valence-corrected chi connectivity index (χ0v) is 17.2. The van der Waals surface area contributed by atoms with Crippen LogP contribution in [0.3, 0.4) is 0 Å². The summed E-state index contributed by atoms with van der Waals surface area (Å²) >= 11 is 0. The van der Waals surface area contributed by atoms with Crippen molar-refractivity contribution in [2.75, 3.05) is 32.4 Å². The Labute approximate surface area is 147 Å². The number of hydrogen-bond acceptors (Lipinski definition) is 3. The molecule has 0 spiro atoms. The SMILES string of the molecule is CCNC(=NCCCN(CC)S(C)(=O)=O)NC(C)(C)C.I. The van der Waals surface area contributed by atoms with Crippen LogP contribution >= 0.6 is 24.0 Å². The fourth-order valence-electron chi connectivity index (χ4n) is 1.66. The predicted molar refractivity (Wildman–Crippen MR) is 101 cm³/mol. The lowest BCUT2D eigenvalue weighted by Gasteiger charge is -2.24. The van der Waals surface area contributed by atoms with E-state index >= 15 is 0 Å². The van der Waals surface area contributed by atoms with Crippen LogP contribution in [-0.4, -0.2) is 56.7 Å². The average molecular weight is 434 g/mol. The summed E-state index contributed by atoms with van der Waals surface area (Å²) < 4.78 is 24.4. The van der Waals surface area contributed by atoms with Crippen molar-refractivity contribution >= 4 is 40.0 Å². The van der Waals surface area contributed by atoms with Crippen molar-refractivity contribution in [3.05, 3.63) is 0 Å². The third-order valence-corrected chi connectivity index (χ3v) is 3.87. The first-order valence-corrected chi connectivity index (χ1v) is 8.96. The van der Waals surface area contributed by atoms with Gasteiger partial charge in [-0.05, 0) is 34.1 Å². The first-order chi connectivity index (χ1) is 9.10. The number of nitrogens with zero attached hydrogens (tertiary/aromatic N) is 2. The number of rotatable bonds is 7. The zero-order valence-electron chi connectivity index (χ0n) is 14.1. The Balaban J connectivity index is 0. The lowest BCUT2D eigenvalue weighted by molar-refractivity contribution is 0.426. The molecule has 0 aromatic carbocycles. The minimum Gasteiger partial charge on any atom is -0.357 e. The number of sulfonamides is 1. The van der Waals surface area contributed by atoms with E-state index in [0.29, 0.717) is 26.1 Å². The maximum Gasteiger partial charge on any atom is 0.211 e. The summed E-state index contributed by atoms with van der Waals surface area (Å²) in [5, 5.41) is 6.48. The number of hydrogen-bond donors (Lipinski definition) is 2. The van der Waals surface area contributed by atoms with Crippen LogP contribution in [0.1, 0.15) is 41.0 Å². The van der Waals surface area contributed by atoms with E-state index in [9.17, 15) is 8.42 Å². The van der Waals surface area contributed by atoms with Gasteiger partial charge in [0.05, 0.1) is 6.26 Å². The third kappa shape index (κ3) is 12.2. The minimum atomic E-state index is -3.10. The summed E-state index contributed by atoms with van der Waals surface area (Å²) in [5.74, 6) is 0.766. The highest BCUT2D eigenvalue weighted by atomic mass is 127. The number of halogens is 1. The summed E-state index contributed by atoms with van der Waals surface area (Å²) in [5.41, 5.74) is -0.0524. The maximum atomic E-state index is 11.4. The van der Waals surface area contributed by atoms with Crippen LogP contribution in [-0.2, 0) is 10.0 Å². The first-order valence-electron chi connectivity index (χ1n) is 7.11. The lowest BCUT2D eigenvalue weighted by atomic mass is 10.1. The van der Waals surface area contributed by atoms with Gasteiger partial charge in [0.2, 0.25) is 10.0 Å². The molecule has 0 radical (unpaired) electrons. The standard InChI is InChI=1S/C13H30N4O2S.HI/c1-7-14-12(16-13(3,4)5)15-10-9-11-17(8-2)20(6,18)19;/h7-11H2,1-6H3,(H2,14,15,16);1H. The fourth-order valence-corrected chi connectivity index (χ4v) is 2.59. The van der Waals surface area contributed by atoms with Gasteiger partial charge in [0, 0.05) is 31.7 Å². The van der Waals surface area contributed by atoms with E-state index in [0.717, 1.165) is 12.5 Å². The molecule has 0 saturated heterocycles. The van der Waals surface area contributed by atoms with Crippen molar-refractivity contribution in [2.45, 2.75) is 46.6 Å². The molecule has 0 atom stereocenters. The number of aliphatic imine (C=N–C) groups is 1. The number of nitrogens with one attached hydrogen (secondary N) is 2. The molecule has 2 N–H and O–H groups in total. The molecular weight excluding hydrogens is 403 g/mol. The molecule has 0 saturated carbocycles. The van der Waals surface area contributed by atoms with Crippen LogP contribution in [0, 0.1) is 0 Å². The van der Waals surface area contributed by atoms with E-state index in [1.807, 2.05) is 13.8 Å². The van der Waals surface area contributed by atoms with Crippen molar-refractivity contribution in [3.63, 3.8) is 0 Å². The highest BCUT2D eigenvalue weighted by Gasteiger charge is 2.14. The molecule has 0 bridgehead atoms. The average Bonchev–Trinajstić information content (AvgIpc) is 2.25. The highest BCUT2D eigenvalue weighted by Crippen LogP contribution is 2.00. The van der Waals surface area contributed by atoms with E-state index in [-0.39, 0.29) is 29.5 Å². The molecule has 0 aliphatic heterocycles. The molecule has 0 amide bonds. The van der Waals surface area contributed by atoms with E-state index < -0.39 is 10.0 Å². The van der Waals surface area contributed by atoms with Crippen LogP contribution in [0.25, 0.3) is 0 Å². The Morgan fingerprint density at radius 1 is 1.24 bits per heavy atom. The van der Waals surface area contributed by atoms with Crippen molar-refractivity contribution in [1.29, 1.82) is 0 Å². The van der Waals surface area contributed by atoms with Gasteiger partial charge in [-0.3, -0.25) is 4.99 Å². The Morgan fingerprint density at radius 3 is 2.19 bits per heavy atom. The van der Waals surface area contributed by atoms with Crippen LogP contribution < -0.4 is 10.6 Å². The minimum absolute atomic E-state index is 0. The van der Waals surface area contributed by atoms with Gasteiger partial charge in [-0.2, -0.15) is 0 Å². The van der Waals surface area contributed by atoms with E-state index in [2.05, 4.69) is 36.4 Å². The zero-order chi connectivity index (χ0) is 15.8. The van der Waals surface area contributed by atoms with Gasteiger partial charge in [0.15, 0.2) is 5.96 Å². The largest absolute Gasteiger partial charge is 0.357 e. The molecule has 0 unspecified atom stereocenters. The van der Waals surface area contributed by atoms with E-state index in [4.69, 9.17) is 0 Å². The Hall–Kier alpha value is -0.0900. The molecule has 128 valence electrons. The fraction of sp³-hybridized carbons (Fsp3) is 0.923. The Kier molecular flexibility index (Phi) is 11.7. The second kappa shape index (κ2) is 10.6. The van der Waals surface area contributed by atoms with Gasteiger partial charge < -0.3 is 10.6 Å². The van der Waals surface area contributed by atoms with E-state index in [1.54, 1.807) is 0 Å². The monoisotopic (exact) mass is 434 g/mol. The van der Waals surface area contributed by atoms with E-state index in [1.165, 1.54) is 10.6 Å². The van der Waals surface area contributed by atoms with Crippen molar-refractivity contribution in [2.24, 2.45) is 4.99 Å². The molecule has 0 rings (SSSR count). The molecule has 0 heterocycles. The molecule has 0 aromatic rings. The van der Waals surface area contributed by atoms with Gasteiger partial charge in [-0.1, -0.05) is 6.92 Å². The second-order valence-electron chi connectivity index (χ2n) is 5.74. The van der Waals surface area contributed by atoms with Crippen LogP contribution in [0.15, 0.2) is 4.99 Å². The number of guanidine groups is 1. The summed E-state index contributed by atoms with van der Waals surface area (Å²) in [7, 11) is -3.10. The van der Waals surface area contributed by atoms with Gasteiger partial charge in [-0.15, -0.1) is 24.0 Å². The molecule has 0 aliphatic rings. The van der Waals surface area contributed by atoms with Crippen molar-refractivity contribution < 1.29 is 8.42 Å². The molecule has 0 aromatic heterocycles. The van der Waals surface area contributed by atoms with Gasteiger partial charge in [-0.25, -0.2) is 12.7 Å². The van der Waals surface area contributed by atoms with Crippen LogP contribution in [0.4, 0.5) is 0 Å². The summed E-state index contributed by atoms with van der Waals surface area (Å²) in [6.45, 7) is 12.5. The predicted octanol–water partition coefficient (Wildman–Crippen LogP) is 1.63. The molecule has 0 fully saturated rings. The molecule has 8 heteroatoms. The third-order valence-electron chi connectivity index (χ3n) is 2.49. The molecule has 6 nitrogen and oxygen atoms in total.